The number of nitrogens with two attached hydrogens (primary N) is 1. The smallest absolute Gasteiger partial charge is 0.163 e. The van der Waals surface area contributed by atoms with E-state index in [1.165, 1.54) is 0 Å². The van der Waals surface area contributed by atoms with Gasteiger partial charge in [-0.15, -0.1) is 0 Å². The van der Waals surface area contributed by atoms with Gasteiger partial charge < -0.3 is 10.5 Å². The molecule has 0 atom stereocenters. The minimum absolute atomic E-state index is 0.493. The lowest BCUT2D eigenvalue weighted by atomic mass is 10.2. The van der Waals surface area contributed by atoms with Gasteiger partial charge in [-0.1, -0.05) is 15.9 Å². The molecular weight excluding hydrogens is 409 g/mol. The average Bonchev–Trinajstić information content (AvgIpc) is 2.36. The number of hydrogen-bond acceptors (Lipinski definition) is 4. The SMILES string of the molecule is COc1ccc(Br)c(-c2nc(C)c(I)c(N)n2)c1. The molecule has 0 aliphatic carbocycles. The van der Waals surface area contributed by atoms with Crippen LogP contribution in [-0.2, 0) is 0 Å². The van der Waals surface area contributed by atoms with Crippen LogP contribution in [0.5, 0.6) is 5.75 Å². The lowest BCUT2D eigenvalue weighted by Gasteiger charge is -2.09. The predicted octanol–water partition coefficient (Wildman–Crippen LogP) is 3.41. The molecule has 2 N–H and O–H groups in total. The highest BCUT2D eigenvalue weighted by molar-refractivity contribution is 14.1. The van der Waals surface area contributed by atoms with Crippen LogP contribution >= 0.6 is 38.5 Å². The Labute approximate surface area is 127 Å². The first-order valence-corrected chi connectivity index (χ1v) is 7.03. The van der Waals surface area contributed by atoms with E-state index in [-0.39, 0.29) is 0 Å². The molecule has 6 heteroatoms. The highest BCUT2D eigenvalue weighted by Gasteiger charge is 2.12. The van der Waals surface area contributed by atoms with E-state index in [9.17, 15) is 0 Å². The van der Waals surface area contributed by atoms with Gasteiger partial charge in [0.1, 0.15) is 11.6 Å². The standard InChI is InChI=1S/C12H11BrIN3O/c1-6-10(14)11(15)17-12(16-6)8-5-7(18-2)3-4-9(8)13/h3-5H,1-2H3,(H2,15,16,17). The molecule has 0 unspecified atom stereocenters. The number of nitrogens with zero attached hydrogens (tertiary/aromatic N) is 2. The van der Waals surface area contributed by atoms with E-state index in [0.717, 1.165) is 25.0 Å². The number of nitrogen functional groups attached to an aromatic ring is 1. The van der Waals surface area contributed by atoms with Gasteiger partial charge in [-0.3, -0.25) is 0 Å². The molecule has 0 bridgehead atoms. The second kappa shape index (κ2) is 5.40. The van der Waals surface area contributed by atoms with Crippen molar-refractivity contribution in [1.29, 1.82) is 0 Å². The third kappa shape index (κ3) is 2.59. The van der Waals surface area contributed by atoms with Crippen molar-refractivity contribution in [3.05, 3.63) is 31.9 Å². The normalized spacial score (nSPS) is 10.4. The highest BCUT2D eigenvalue weighted by Crippen LogP contribution is 2.31. The molecule has 1 aromatic heterocycles. The molecule has 0 fully saturated rings. The van der Waals surface area contributed by atoms with Crippen LogP contribution in [0, 0.1) is 10.5 Å². The lowest BCUT2D eigenvalue weighted by Crippen LogP contribution is -2.02. The van der Waals surface area contributed by atoms with Crippen molar-refractivity contribution in [1.82, 2.24) is 9.97 Å². The summed E-state index contributed by atoms with van der Waals surface area (Å²) in [5.74, 6) is 1.84. The van der Waals surface area contributed by atoms with Crippen molar-refractivity contribution < 1.29 is 4.74 Å². The number of benzene rings is 1. The third-order valence-electron chi connectivity index (χ3n) is 2.46. The van der Waals surface area contributed by atoms with Crippen molar-refractivity contribution in [2.24, 2.45) is 0 Å². The van der Waals surface area contributed by atoms with Crippen LogP contribution in [0.3, 0.4) is 0 Å². The topological polar surface area (TPSA) is 61.0 Å². The van der Waals surface area contributed by atoms with Crippen LogP contribution in [0.2, 0.25) is 0 Å². The molecule has 1 aromatic carbocycles. The van der Waals surface area contributed by atoms with Crippen molar-refractivity contribution in [3.8, 4) is 17.1 Å². The summed E-state index contributed by atoms with van der Waals surface area (Å²) in [4.78, 5) is 8.77. The molecule has 2 rings (SSSR count). The number of halogens is 2. The molecule has 0 radical (unpaired) electrons. The van der Waals surface area contributed by atoms with E-state index >= 15 is 0 Å². The molecule has 18 heavy (non-hydrogen) atoms. The summed E-state index contributed by atoms with van der Waals surface area (Å²) in [6.45, 7) is 1.91. The number of ether oxygens (including phenoxy) is 1. The van der Waals surface area contributed by atoms with Gasteiger partial charge in [0.05, 0.1) is 16.4 Å². The fourth-order valence-corrected chi connectivity index (χ4v) is 2.17. The molecule has 2 aromatic rings. The Morgan fingerprint density at radius 1 is 1.33 bits per heavy atom. The zero-order chi connectivity index (χ0) is 13.3. The Morgan fingerprint density at radius 3 is 2.67 bits per heavy atom. The van der Waals surface area contributed by atoms with E-state index in [0.29, 0.717) is 11.6 Å². The second-order valence-electron chi connectivity index (χ2n) is 3.68. The van der Waals surface area contributed by atoms with E-state index in [1.54, 1.807) is 7.11 Å². The highest BCUT2D eigenvalue weighted by atomic mass is 127. The quantitative estimate of drug-likeness (QED) is 0.757. The first-order valence-electron chi connectivity index (χ1n) is 5.16. The van der Waals surface area contributed by atoms with E-state index < -0.39 is 0 Å². The molecule has 0 aliphatic rings. The maximum Gasteiger partial charge on any atom is 0.163 e. The van der Waals surface area contributed by atoms with Gasteiger partial charge in [-0.2, -0.15) is 0 Å². The number of rotatable bonds is 2. The summed E-state index contributed by atoms with van der Waals surface area (Å²) in [6.07, 6.45) is 0. The molecule has 1 heterocycles. The Morgan fingerprint density at radius 2 is 2.06 bits per heavy atom. The first-order chi connectivity index (χ1) is 8.52. The van der Waals surface area contributed by atoms with E-state index in [4.69, 9.17) is 10.5 Å². The summed E-state index contributed by atoms with van der Waals surface area (Å²) < 4.78 is 7.00. The monoisotopic (exact) mass is 419 g/mol. The Hall–Kier alpha value is -0.890. The predicted molar refractivity (Wildman–Crippen MR) is 83.6 cm³/mol. The molecule has 0 amide bonds. The third-order valence-corrected chi connectivity index (χ3v) is 4.48. The largest absolute Gasteiger partial charge is 0.497 e. The summed E-state index contributed by atoms with van der Waals surface area (Å²) in [7, 11) is 1.63. The van der Waals surface area contributed by atoms with Gasteiger partial charge in [0.25, 0.3) is 0 Å². The molecule has 94 valence electrons. The number of aryl methyl sites for hydroxylation is 1. The Bertz CT molecular complexity index is 581. The second-order valence-corrected chi connectivity index (χ2v) is 5.61. The number of aromatic nitrogens is 2. The Kier molecular flexibility index (Phi) is 4.06. The summed E-state index contributed by atoms with van der Waals surface area (Å²) in [5.41, 5.74) is 7.60. The fraction of sp³-hybridized carbons (Fsp3) is 0.167. The first kappa shape index (κ1) is 13.5. The molecule has 0 spiro atoms. The number of methoxy groups -OCH3 is 1. The maximum atomic E-state index is 5.87. The maximum absolute atomic E-state index is 5.87. The van der Waals surface area contributed by atoms with Crippen LogP contribution < -0.4 is 10.5 Å². The lowest BCUT2D eigenvalue weighted by molar-refractivity contribution is 0.415. The van der Waals surface area contributed by atoms with Gasteiger partial charge in [-0.25, -0.2) is 9.97 Å². The van der Waals surface area contributed by atoms with Crippen LogP contribution in [0.15, 0.2) is 22.7 Å². The number of anilines is 1. The van der Waals surface area contributed by atoms with Crippen molar-refractivity contribution in [3.63, 3.8) is 0 Å². The van der Waals surface area contributed by atoms with Gasteiger partial charge >= 0.3 is 0 Å². The minimum Gasteiger partial charge on any atom is -0.497 e. The zero-order valence-corrected chi connectivity index (χ0v) is 13.6. The van der Waals surface area contributed by atoms with Crippen LogP contribution in [0.1, 0.15) is 5.69 Å². The summed E-state index contributed by atoms with van der Waals surface area (Å²) in [6, 6.07) is 5.66. The van der Waals surface area contributed by atoms with Crippen LogP contribution in [0.4, 0.5) is 5.82 Å². The Balaban J connectivity index is 2.61. The van der Waals surface area contributed by atoms with E-state index in [2.05, 4.69) is 48.5 Å². The van der Waals surface area contributed by atoms with Gasteiger partial charge in [0, 0.05) is 10.0 Å². The van der Waals surface area contributed by atoms with Crippen LogP contribution in [0.25, 0.3) is 11.4 Å². The average molecular weight is 420 g/mol. The molecular formula is C12H11BrIN3O. The molecule has 4 nitrogen and oxygen atoms in total. The van der Waals surface area contributed by atoms with Gasteiger partial charge in [0.15, 0.2) is 5.82 Å². The minimum atomic E-state index is 0.493. The zero-order valence-electron chi connectivity index (χ0n) is 9.87. The molecule has 0 saturated heterocycles. The molecule has 0 aliphatic heterocycles. The number of hydrogen-bond donors (Lipinski definition) is 1. The summed E-state index contributed by atoms with van der Waals surface area (Å²) >= 11 is 5.63. The fourth-order valence-electron chi connectivity index (χ4n) is 1.50. The van der Waals surface area contributed by atoms with E-state index in [1.807, 2.05) is 25.1 Å². The van der Waals surface area contributed by atoms with Crippen molar-refractivity contribution in [2.75, 3.05) is 12.8 Å². The van der Waals surface area contributed by atoms with Gasteiger partial charge in [-0.05, 0) is 47.7 Å². The van der Waals surface area contributed by atoms with Gasteiger partial charge in [0.2, 0.25) is 0 Å². The van der Waals surface area contributed by atoms with Crippen molar-refractivity contribution >= 4 is 44.3 Å². The van der Waals surface area contributed by atoms with Crippen molar-refractivity contribution in [2.45, 2.75) is 6.92 Å². The summed E-state index contributed by atoms with van der Waals surface area (Å²) in [5, 5.41) is 0. The molecule has 0 saturated carbocycles. The van der Waals surface area contributed by atoms with Crippen LogP contribution in [-0.4, -0.2) is 17.1 Å².